The Morgan fingerprint density at radius 3 is 1.31 bits per heavy atom. The van der Waals surface area contributed by atoms with Crippen molar-refractivity contribution in [2.24, 2.45) is 20.0 Å². The Morgan fingerprint density at radius 2 is 0.969 bits per heavy atom. The topological polar surface area (TPSA) is 118 Å². The normalized spacial score (nSPS) is 9.41. The summed E-state index contributed by atoms with van der Waals surface area (Å²) < 4.78 is 0. The highest BCUT2D eigenvalue weighted by atomic mass is 16.1. The average molecular weight is 424 g/mol. The first-order valence-corrected chi connectivity index (χ1v) is 9.17. The van der Waals surface area contributed by atoms with Gasteiger partial charge in [-0.15, -0.1) is 0 Å². The second-order valence-electron chi connectivity index (χ2n) is 6.14. The van der Waals surface area contributed by atoms with E-state index in [1.54, 1.807) is 73.7 Å². The molecule has 3 rings (SSSR count). The molecule has 0 aliphatic heterocycles. The van der Waals surface area contributed by atoms with Gasteiger partial charge in [-0.1, -0.05) is 66.7 Å². The maximum atomic E-state index is 10.8. The predicted octanol–water partition coefficient (Wildman–Crippen LogP) is 4.49. The molecule has 0 bridgehead atoms. The van der Waals surface area contributed by atoms with E-state index in [9.17, 15) is 19.2 Å². The summed E-state index contributed by atoms with van der Waals surface area (Å²) in [5, 5.41) is 0. The van der Waals surface area contributed by atoms with Gasteiger partial charge in [-0.2, -0.15) is 20.0 Å². The summed E-state index contributed by atoms with van der Waals surface area (Å²) in [6, 6.07) is 22.7. The molecule has 0 saturated heterocycles. The molecular formula is C24H16N4O4. The first-order valence-electron chi connectivity index (χ1n) is 9.17. The Labute approximate surface area is 183 Å². The van der Waals surface area contributed by atoms with E-state index in [1.807, 2.05) is 12.1 Å². The number of aliphatic imine (C=N–C) groups is 4. The largest absolute Gasteiger partial charge is 0.240 e. The SMILES string of the molecule is Cc1c(N=C=O)cccc1N=C=O.O=C=NC(N=C=O)(c1ccccc1)c1ccccc1. The smallest absolute Gasteiger partial charge is 0.211 e. The predicted molar refractivity (Wildman–Crippen MR) is 117 cm³/mol. The molecule has 0 N–H and O–H groups in total. The lowest BCUT2D eigenvalue weighted by molar-refractivity contribution is 0.516. The van der Waals surface area contributed by atoms with E-state index in [1.165, 1.54) is 24.3 Å². The van der Waals surface area contributed by atoms with Crippen LogP contribution in [0.15, 0.2) is 98.8 Å². The molecule has 8 heteroatoms. The molecule has 8 nitrogen and oxygen atoms in total. The zero-order valence-corrected chi connectivity index (χ0v) is 16.9. The summed E-state index contributed by atoms with van der Waals surface area (Å²) in [4.78, 5) is 55.9. The molecule has 3 aromatic carbocycles. The summed E-state index contributed by atoms with van der Waals surface area (Å²) in [7, 11) is 0. The minimum Gasteiger partial charge on any atom is -0.211 e. The van der Waals surface area contributed by atoms with Crippen molar-refractivity contribution in [2.75, 3.05) is 0 Å². The molecule has 0 fully saturated rings. The van der Waals surface area contributed by atoms with E-state index >= 15 is 0 Å². The molecule has 3 aromatic rings. The Bertz CT molecular complexity index is 1150. The van der Waals surface area contributed by atoms with Gasteiger partial charge < -0.3 is 0 Å². The number of isocyanates is 4. The number of hydrogen-bond donors (Lipinski definition) is 0. The minimum absolute atomic E-state index is 0.464. The molecule has 0 amide bonds. The lowest BCUT2D eigenvalue weighted by Crippen LogP contribution is -2.22. The zero-order chi connectivity index (χ0) is 23.2. The van der Waals surface area contributed by atoms with Crippen LogP contribution in [0.3, 0.4) is 0 Å². The molecule has 156 valence electrons. The summed E-state index contributed by atoms with van der Waals surface area (Å²) >= 11 is 0. The van der Waals surface area contributed by atoms with Gasteiger partial charge in [-0.25, -0.2) is 19.2 Å². The second kappa shape index (κ2) is 12.0. The molecular weight excluding hydrogens is 408 g/mol. The molecule has 0 atom stereocenters. The first-order chi connectivity index (χ1) is 15.6. The van der Waals surface area contributed by atoms with Crippen molar-refractivity contribution >= 4 is 35.7 Å². The van der Waals surface area contributed by atoms with Crippen LogP contribution in [0.2, 0.25) is 0 Å². The number of rotatable bonds is 6. The van der Waals surface area contributed by atoms with Gasteiger partial charge in [0.25, 0.3) is 0 Å². The molecule has 0 unspecified atom stereocenters. The van der Waals surface area contributed by atoms with Crippen LogP contribution in [0, 0.1) is 6.92 Å². The van der Waals surface area contributed by atoms with Gasteiger partial charge in [0.2, 0.25) is 30.0 Å². The van der Waals surface area contributed by atoms with E-state index < -0.39 is 5.66 Å². The van der Waals surface area contributed by atoms with Crippen LogP contribution in [0.25, 0.3) is 0 Å². The highest BCUT2D eigenvalue weighted by Crippen LogP contribution is 2.34. The third kappa shape index (κ3) is 5.62. The summed E-state index contributed by atoms with van der Waals surface area (Å²) in [6.07, 6.45) is 5.84. The van der Waals surface area contributed by atoms with Crippen LogP contribution < -0.4 is 0 Å². The molecule has 32 heavy (non-hydrogen) atoms. The van der Waals surface area contributed by atoms with Gasteiger partial charge in [0, 0.05) is 16.7 Å². The molecule has 0 aromatic heterocycles. The maximum absolute atomic E-state index is 10.8. The number of hydrogen-bond acceptors (Lipinski definition) is 8. The van der Waals surface area contributed by atoms with Gasteiger partial charge >= 0.3 is 0 Å². The van der Waals surface area contributed by atoms with E-state index in [2.05, 4.69) is 20.0 Å². The number of carbonyl (C=O) groups excluding carboxylic acids is 4. The summed E-state index contributed by atoms with van der Waals surface area (Å²) in [5.74, 6) is 0. The van der Waals surface area contributed by atoms with Crippen molar-refractivity contribution in [3.63, 3.8) is 0 Å². The van der Waals surface area contributed by atoms with E-state index in [-0.39, 0.29) is 0 Å². The van der Waals surface area contributed by atoms with Gasteiger partial charge in [-0.05, 0) is 19.1 Å². The van der Waals surface area contributed by atoms with Crippen LogP contribution in [-0.4, -0.2) is 24.3 Å². The Kier molecular flexibility index (Phi) is 8.80. The first kappa shape index (κ1) is 23.5. The molecule has 0 aliphatic carbocycles. The Balaban J connectivity index is 0.000000244. The fourth-order valence-electron chi connectivity index (χ4n) is 2.88. The number of benzene rings is 3. The standard InChI is InChI=1S/C15H10N2O2.C9H6N2O2/c18-11-16-15(17-12-19,13-7-3-1-4-8-13)14-9-5-2-6-10-14;1-7-8(10-5-12)3-2-4-9(7)11-6-13/h1-10H;2-4H,1H3. The molecule has 0 saturated carbocycles. The fourth-order valence-corrected chi connectivity index (χ4v) is 2.88. The summed E-state index contributed by atoms with van der Waals surface area (Å²) in [6.45, 7) is 1.71. The van der Waals surface area contributed by atoms with E-state index in [0.29, 0.717) is 28.1 Å². The van der Waals surface area contributed by atoms with E-state index in [0.717, 1.165) is 0 Å². The zero-order valence-electron chi connectivity index (χ0n) is 16.9. The maximum Gasteiger partial charge on any atom is 0.240 e. The molecule has 0 radical (unpaired) electrons. The summed E-state index contributed by atoms with van der Waals surface area (Å²) in [5.41, 5.74) is 1.39. The quantitative estimate of drug-likeness (QED) is 0.428. The third-order valence-corrected chi connectivity index (χ3v) is 4.38. The van der Waals surface area contributed by atoms with Crippen molar-refractivity contribution in [3.05, 3.63) is 95.6 Å². The van der Waals surface area contributed by atoms with Crippen LogP contribution in [0.1, 0.15) is 16.7 Å². The second-order valence-corrected chi connectivity index (χ2v) is 6.14. The highest BCUT2D eigenvalue weighted by molar-refractivity contribution is 5.64. The van der Waals surface area contributed by atoms with Crippen molar-refractivity contribution in [1.82, 2.24) is 0 Å². The van der Waals surface area contributed by atoms with Crippen molar-refractivity contribution < 1.29 is 19.2 Å². The van der Waals surface area contributed by atoms with Crippen molar-refractivity contribution in [3.8, 4) is 0 Å². The fraction of sp³-hybridized carbons (Fsp3) is 0.0833. The van der Waals surface area contributed by atoms with Crippen molar-refractivity contribution in [2.45, 2.75) is 12.6 Å². The molecule has 0 heterocycles. The van der Waals surface area contributed by atoms with Gasteiger partial charge in [-0.3, -0.25) is 0 Å². The van der Waals surface area contributed by atoms with Crippen LogP contribution >= 0.6 is 0 Å². The van der Waals surface area contributed by atoms with Crippen molar-refractivity contribution in [1.29, 1.82) is 0 Å². The van der Waals surface area contributed by atoms with Crippen LogP contribution in [0.4, 0.5) is 11.4 Å². The number of nitrogens with zero attached hydrogens (tertiary/aromatic N) is 4. The van der Waals surface area contributed by atoms with Gasteiger partial charge in [0.15, 0.2) is 0 Å². The van der Waals surface area contributed by atoms with Crippen LogP contribution in [-0.2, 0) is 24.8 Å². The molecule has 0 aliphatic rings. The minimum atomic E-state index is -1.41. The van der Waals surface area contributed by atoms with E-state index in [4.69, 9.17) is 0 Å². The van der Waals surface area contributed by atoms with Gasteiger partial charge in [0.05, 0.1) is 11.4 Å². The molecule has 0 spiro atoms. The lowest BCUT2D eigenvalue weighted by atomic mass is 9.92. The highest BCUT2D eigenvalue weighted by Gasteiger charge is 2.33. The van der Waals surface area contributed by atoms with Crippen LogP contribution in [0.5, 0.6) is 0 Å². The monoisotopic (exact) mass is 424 g/mol. The Hall–Kier alpha value is -4.82. The van der Waals surface area contributed by atoms with Gasteiger partial charge in [0.1, 0.15) is 0 Å². The Morgan fingerprint density at radius 1 is 0.562 bits per heavy atom. The third-order valence-electron chi connectivity index (χ3n) is 4.38. The lowest BCUT2D eigenvalue weighted by Gasteiger charge is -2.22. The average Bonchev–Trinajstić information content (AvgIpc) is 2.83.